The van der Waals surface area contributed by atoms with E-state index in [2.05, 4.69) is 50.4 Å². The highest BCUT2D eigenvalue weighted by molar-refractivity contribution is 7.79. The number of rotatable bonds is 3. The van der Waals surface area contributed by atoms with Gasteiger partial charge in [-0.2, -0.15) is 8.42 Å². The van der Waals surface area contributed by atoms with Crippen LogP contribution >= 0.6 is 0 Å². The van der Waals surface area contributed by atoms with E-state index in [4.69, 9.17) is 17.5 Å². The number of nitrogens with one attached hydrogen (secondary N) is 1. The molecule has 0 spiro atoms. The van der Waals surface area contributed by atoms with Gasteiger partial charge in [-0.1, -0.05) is 35.9 Å². The van der Waals surface area contributed by atoms with E-state index in [1.165, 1.54) is 16.8 Å². The van der Waals surface area contributed by atoms with E-state index in [1.807, 2.05) is 6.07 Å². The quantitative estimate of drug-likeness (QED) is 0.736. The van der Waals surface area contributed by atoms with Crippen molar-refractivity contribution in [1.82, 2.24) is 5.32 Å². The van der Waals surface area contributed by atoms with Crippen LogP contribution in [0.4, 0.5) is 0 Å². The minimum atomic E-state index is -4.67. The molecule has 0 saturated heterocycles. The van der Waals surface area contributed by atoms with Crippen molar-refractivity contribution in [1.29, 1.82) is 0 Å². The van der Waals surface area contributed by atoms with Crippen LogP contribution in [-0.4, -0.2) is 17.5 Å². The Kier molecular flexibility index (Phi) is 7.26. The highest BCUT2D eigenvalue weighted by Gasteiger charge is 1.92. The second-order valence-corrected chi connectivity index (χ2v) is 4.81. The second kappa shape index (κ2) is 7.86. The monoisotopic (exact) mass is 273 g/mol. The van der Waals surface area contributed by atoms with Crippen LogP contribution in [0.3, 0.4) is 0 Å². The molecule has 0 atom stereocenters. The lowest BCUT2D eigenvalue weighted by molar-refractivity contribution is 0.381. The molecule has 5 nitrogen and oxygen atoms in total. The maximum atomic E-state index is 8.74. The largest absolute Gasteiger partial charge is 0.394 e. The Hall–Kier alpha value is -1.37. The summed E-state index contributed by atoms with van der Waals surface area (Å²) in [5, 5.41) is 3.38. The highest BCUT2D eigenvalue weighted by atomic mass is 32.3. The summed E-state index contributed by atoms with van der Waals surface area (Å²) < 4.78 is 31.6. The molecule has 0 aliphatic carbocycles. The summed E-state index contributed by atoms with van der Waals surface area (Å²) in [6.07, 6.45) is 0. The van der Waals surface area contributed by atoms with Crippen LogP contribution in [0.5, 0.6) is 0 Å². The van der Waals surface area contributed by atoms with Gasteiger partial charge in [0.2, 0.25) is 0 Å². The van der Waals surface area contributed by atoms with E-state index in [9.17, 15) is 0 Å². The van der Waals surface area contributed by atoms with Crippen LogP contribution in [0.2, 0.25) is 0 Å². The lowest BCUT2D eigenvalue weighted by Gasteiger charge is -2.07. The lowest BCUT2D eigenvalue weighted by atomic mass is 10.2. The molecule has 6 heteroatoms. The van der Waals surface area contributed by atoms with Gasteiger partial charge in [0.1, 0.15) is 0 Å². The molecule has 0 heterocycles. The zero-order chi connectivity index (χ0) is 14.2. The summed E-state index contributed by atoms with van der Waals surface area (Å²) in [7, 11) is -4.67. The maximum Gasteiger partial charge on any atom is 0.394 e. The third-order valence-corrected chi connectivity index (χ3v) is 2.15. The van der Waals surface area contributed by atoms with Crippen LogP contribution in [0.1, 0.15) is 26.3 Å². The third kappa shape index (κ3) is 11.1. The molecule has 0 radical (unpaired) electrons. The minimum absolute atomic E-state index is 0.915. The summed E-state index contributed by atoms with van der Waals surface area (Å²) in [5.74, 6) is 0. The van der Waals surface area contributed by atoms with Crippen molar-refractivity contribution in [3.05, 3.63) is 47.2 Å². The van der Waals surface area contributed by atoms with E-state index in [0.29, 0.717) is 0 Å². The first-order valence-electron chi connectivity index (χ1n) is 5.32. The summed E-state index contributed by atoms with van der Waals surface area (Å²) in [6, 6.07) is 10.4. The van der Waals surface area contributed by atoms with Crippen molar-refractivity contribution < 1.29 is 17.5 Å². The van der Waals surface area contributed by atoms with Gasteiger partial charge in [-0.25, -0.2) is 0 Å². The average Bonchev–Trinajstić information content (AvgIpc) is 2.25. The molecule has 102 valence electrons. The van der Waals surface area contributed by atoms with Crippen LogP contribution < -0.4 is 5.32 Å². The Bertz CT molecular complexity index is 468. The van der Waals surface area contributed by atoms with Crippen molar-refractivity contribution in [2.24, 2.45) is 0 Å². The van der Waals surface area contributed by atoms with Crippen LogP contribution in [-0.2, 0) is 16.9 Å². The Labute approximate surface area is 108 Å². The average molecular weight is 273 g/mol. The van der Waals surface area contributed by atoms with Crippen molar-refractivity contribution >= 4 is 10.4 Å². The standard InChI is InChI=1S/C12H17N.H2O4S/c1-10(2)11(3)13-9-12-7-5-4-6-8-12;1-5(2,3)4/h4-8,13H,9H2,1-3H3;(H2,1,2,3,4). The molecule has 0 aliphatic heterocycles. The molecule has 1 aromatic carbocycles. The molecular formula is C12H19NO4S. The molecule has 0 aliphatic rings. The first-order valence-corrected chi connectivity index (χ1v) is 6.71. The molecule has 0 bridgehead atoms. The number of allylic oxidation sites excluding steroid dienone is 2. The highest BCUT2D eigenvalue weighted by Crippen LogP contribution is 2.01. The van der Waals surface area contributed by atoms with Gasteiger partial charge < -0.3 is 5.32 Å². The van der Waals surface area contributed by atoms with Crippen LogP contribution in [0.15, 0.2) is 41.6 Å². The van der Waals surface area contributed by atoms with Gasteiger partial charge in [-0.05, 0) is 26.3 Å². The number of hydrogen-bond acceptors (Lipinski definition) is 3. The second-order valence-electron chi connectivity index (χ2n) is 3.91. The Morgan fingerprint density at radius 3 is 1.94 bits per heavy atom. The Balaban J connectivity index is 0.000000494. The topological polar surface area (TPSA) is 86.6 Å². The molecule has 0 amide bonds. The van der Waals surface area contributed by atoms with Crippen molar-refractivity contribution in [3.8, 4) is 0 Å². The molecule has 1 rings (SSSR count). The molecule has 18 heavy (non-hydrogen) atoms. The summed E-state index contributed by atoms with van der Waals surface area (Å²) in [6.45, 7) is 7.26. The molecular weight excluding hydrogens is 254 g/mol. The van der Waals surface area contributed by atoms with E-state index in [1.54, 1.807) is 0 Å². The summed E-state index contributed by atoms with van der Waals surface area (Å²) in [4.78, 5) is 0. The van der Waals surface area contributed by atoms with Gasteiger partial charge >= 0.3 is 10.4 Å². The van der Waals surface area contributed by atoms with Gasteiger partial charge in [-0.15, -0.1) is 0 Å². The SMILES string of the molecule is CC(C)=C(C)NCc1ccccc1.O=S(=O)(O)O. The zero-order valence-corrected chi connectivity index (χ0v) is 11.5. The van der Waals surface area contributed by atoms with Gasteiger partial charge in [0.15, 0.2) is 0 Å². The fourth-order valence-corrected chi connectivity index (χ4v) is 1.01. The number of hydrogen-bond donors (Lipinski definition) is 3. The molecule has 0 aromatic heterocycles. The molecule has 3 N–H and O–H groups in total. The molecule has 0 unspecified atom stereocenters. The van der Waals surface area contributed by atoms with E-state index < -0.39 is 10.4 Å². The maximum absolute atomic E-state index is 8.74. The fourth-order valence-electron chi connectivity index (χ4n) is 1.01. The van der Waals surface area contributed by atoms with Gasteiger partial charge in [0, 0.05) is 12.2 Å². The number of benzene rings is 1. The van der Waals surface area contributed by atoms with Gasteiger partial charge in [0.05, 0.1) is 0 Å². The first kappa shape index (κ1) is 16.6. The van der Waals surface area contributed by atoms with Crippen molar-refractivity contribution in [2.75, 3.05) is 0 Å². The van der Waals surface area contributed by atoms with E-state index in [0.717, 1.165) is 6.54 Å². The minimum Gasteiger partial charge on any atom is -0.385 e. The molecule has 0 fully saturated rings. The van der Waals surface area contributed by atoms with E-state index >= 15 is 0 Å². The Morgan fingerprint density at radius 2 is 1.56 bits per heavy atom. The molecule has 0 saturated carbocycles. The molecule has 1 aromatic rings. The van der Waals surface area contributed by atoms with Crippen molar-refractivity contribution in [3.63, 3.8) is 0 Å². The normalized spacial score (nSPS) is 10.1. The van der Waals surface area contributed by atoms with Crippen LogP contribution in [0.25, 0.3) is 0 Å². The summed E-state index contributed by atoms with van der Waals surface area (Å²) in [5.41, 5.74) is 3.93. The van der Waals surface area contributed by atoms with Crippen LogP contribution in [0, 0.1) is 0 Å². The van der Waals surface area contributed by atoms with Gasteiger partial charge in [-0.3, -0.25) is 9.11 Å². The zero-order valence-electron chi connectivity index (χ0n) is 10.7. The third-order valence-electron chi connectivity index (χ3n) is 2.15. The smallest absolute Gasteiger partial charge is 0.385 e. The van der Waals surface area contributed by atoms with Crippen molar-refractivity contribution in [2.45, 2.75) is 27.3 Å². The fraction of sp³-hybridized carbons (Fsp3) is 0.333. The first-order chi connectivity index (χ1) is 8.20. The Morgan fingerprint density at radius 1 is 1.11 bits per heavy atom. The van der Waals surface area contributed by atoms with Gasteiger partial charge in [0.25, 0.3) is 0 Å². The summed E-state index contributed by atoms with van der Waals surface area (Å²) >= 11 is 0. The predicted molar refractivity (Wildman–Crippen MR) is 71.5 cm³/mol. The predicted octanol–water partition coefficient (Wildman–Crippen LogP) is 2.44. The van der Waals surface area contributed by atoms with E-state index in [-0.39, 0.29) is 0 Å². The lowest BCUT2D eigenvalue weighted by Crippen LogP contribution is -2.11.